The molecular formula is C10H20N2O2. The van der Waals surface area contributed by atoms with Gasteiger partial charge in [-0.25, -0.2) is 0 Å². The normalized spacial score (nSPS) is 28.9. The van der Waals surface area contributed by atoms with Crippen LogP contribution in [-0.2, 0) is 4.79 Å². The van der Waals surface area contributed by atoms with E-state index in [1.54, 1.807) is 11.9 Å². The molecule has 3 atom stereocenters. The highest BCUT2D eigenvalue weighted by Crippen LogP contribution is 2.25. The van der Waals surface area contributed by atoms with Gasteiger partial charge in [-0.2, -0.15) is 0 Å². The van der Waals surface area contributed by atoms with Gasteiger partial charge in [-0.3, -0.25) is 4.79 Å². The Morgan fingerprint density at radius 3 is 2.71 bits per heavy atom. The Balaban J connectivity index is 2.55. The number of carbonyl (C=O) groups is 1. The van der Waals surface area contributed by atoms with Crippen LogP contribution in [-0.4, -0.2) is 41.7 Å². The Bertz CT molecular complexity index is 208. The van der Waals surface area contributed by atoms with Gasteiger partial charge in [-0.1, -0.05) is 6.42 Å². The molecule has 4 heteroatoms. The van der Waals surface area contributed by atoms with Crippen LogP contribution in [0.2, 0.25) is 0 Å². The first-order chi connectivity index (χ1) is 6.57. The predicted octanol–water partition coefficient (Wildman–Crippen LogP) is -0.0470. The van der Waals surface area contributed by atoms with E-state index in [1.807, 2.05) is 6.92 Å². The molecule has 1 rings (SSSR count). The zero-order chi connectivity index (χ0) is 10.7. The number of rotatable bonds is 3. The second-order valence-electron chi connectivity index (χ2n) is 4.18. The molecule has 0 heterocycles. The standard InChI is InChI=1S/C10H20N2O2/c1-7(6-13)12(2)10(14)8-4-3-5-9(8)11/h7-9,13H,3-6,11H2,1-2H3. The van der Waals surface area contributed by atoms with Gasteiger partial charge in [0.25, 0.3) is 0 Å². The zero-order valence-corrected chi connectivity index (χ0v) is 8.94. The summed E-state index contributed by atoms with van der Waals surface area (Å²) < 4.78 is 0. The Morgan fingerprint density at radius 2 is 2.29 bits per heavy atom. The van der Waals surface area contributed by atoms with Gasteiger partial charge in [0.2, 0.25) is 5.91 Å². The van der Waals surface area contributed by atoms with Crippen LogP contribution >= 0.6 is 0 Å². The van der Waals surface area contributed by atoms with Gasteiger partial charge in [-0.05, 0) is 19.8 Å². The third-order valence-corrected chi connectivity index (χ3v) is 3.16. The topological polar surface area (TPSA) is 66.6 Å². The average Bonchev–Trinajstić information content (AvgIpc) is 2.61. The van der Waals surface area contributed by atoms with Crippen molar-refractivity contribution in [3.8, 4) is 0 Å². The van der Waals surface area contributed by atoms with Gasteiger partial charge in [-0.15, -0.1) is 0 Å². The summed E-state index contributed by atoms with van der Waals surface area (Å²) in [6.45, 7) is 1.84. The number of nitrogens with two attached hydrogens (primary N) is 1. The quantitative estimate of drug-likeness (QED) is 0.671. The Hall–Kier alpha value is -0.610. The van der Waals surface area contributed by atoms with Crippen LogP contribution in [0.15, 0.2) is 0 Å². The molecule has 0 bridgehead atoms. The largest absolute Gasteiger partial charge is 0.394 e. The van der Waals surface area contributed by atoms with Crippen molar-refractivity contribution in [3.63, 3.8) is 0 Å². The first-order valence-electron chi connectivity index (χ1n) is 5.21. The van der Waals surface area contributed by atoms with Crippen molar-refractivity contribution < 1.29 is 9.90 Å². The summed E-state index contributed by atoms with van der Waals surface area (Å²) in [6.07, 6.45) is 2.87. The molecule has 3 unspecified atom stereocenters. The van der Waals surface area contributed by atoms with E-state index < -0.39 is 0 Å². The van der Waals surface area contributed by atoms with Crippen molar-refractivity contribution in [2.45, 2.75) is 38.3 Å². The third-order valence-electron chi connectivity index (χ3n) is 3.16. The summed E-state index contributed by atoms with van der Waals surface area (Å²) >= 11 is 0. The second kappa shape index (κ2) is 4.75. The molecule has 1 amide bonds. The van der Waals surface area contributed by atoms with E-state index in [1.165, 1.54) is 0 Å². The molecule has 0 aromatic heterocycles. The third kappa shape index (κ3) is 2.25. The molecule has 4 nitrogen and oxygen atoms in total. The first kappa shape index (κ1) is 11.5. The van der Waals surface area contributed by atoms with E-state index in [0.717, 1.165) is 19.3 Å². The summed E-state index contributed by atoms with van der Waals surface area (Å²) in [7, 11) is 1.73. The lowest BCUT2D eigenvalue weighted by atomic mass is 10.0. The Labute approximate surface area is 85.1 Å². The molecule has 3 N–H and O–H groups in total. The van der Waals surface area contributed by atoms with Crippen molar-refractivity contribution >= 4 is 5.91 Å². The second-order valence-corrected chi connectivity index (χ2v) is 4.18. The van der Waals surface area contributed by atoms with Crippen LogP contribution < -0.4 is 5.73 Å². The SMILES string of the molecule is CC(CO)N(C)C(=O)C1CCCC1N. The number of aliphatic hydroxyl groups excluding tert-OH is 1. The van der Waals surface area contributed by atoms with Crippen LogP contribution in [0.25, 0.3) is 0 Å². The van der Waals surface area contributed by atoms with Crippen molar-refractivity contribution in [1.82, 2.24) is 4.90 Å². The van der Waals surface area contributed by atoms with Crippen molar-refractivity contribution in [2.75, 3.05) is 13.7 Å². The molecule has 1 aliphatic carbocycles. The highest BCUT2D eigenvalue weighted by atomic mass is 16.3. The minimum absolute atomic E-state index is 0.00416. The number of hydrogen-bond acceptors (Lipinski definition) is 3. The van der Waals surface area contributed by atoms with E-state index >= 15 is 0 Å². The monoisotopic (exact) mass is 200 g/mol. The first-order valence-corrected chi connectivity index (χ1v) is 5.21. The molecule has 1 saturated carbocycles. The van der Waals surface area contributed by atoms with E-state index in [2.05, 4.69) is 0 Å². The molecule has 0 aromatic carbocycles. The fourth-order valence-corrected chi connectivity index (χ4v) is 1.90. The fourth-order valence-electron chi connectivity index (χ4n) is 1.90. The lowest BCUT2D eigenvalue weighted by Crippen LogP contribution is -2.44. The minimum Gasteiger partial charge on any atom is -0.394 e. The van der Waals surface area contributed by atoms with Gasteiger partial charge in [0.15, 0.2) is 0 Å². The molecule has 14 heavy (non-hydrogen) atoms. The van der Waals surface area contributed by atoms with E-state index in [4.69, 9.17) is 10.8 Å². The summed E-state index contributed by atoms with van der Waals surface area (Å²) in [5.41, 5.74) is 5.85. The average molecular weight is 200 g/mol. The fraction of sp³-hybridized carbons (Fsp3) is 0.900. The number of nitrogens with zero attached hydrogens (tertiary/aromatic N) is 1. The molecule has 1 fully saturated rings. The molecule has 82 valence electrons. The number of likely N-dealkylation sites (N-methyl/N-ethyl adjacent to an activating group) is 1. The number of hydrogen-bond donors (Lipinski definition) is 2. The maximum Gasteiger partial charge on any atom is 0.227 e. The molecular weight excluding hydrogens is 180 g/mol. The number of carbonyl (C=O) groups excluding carboxylic acids is 1. The van der Waals surface area contributed by atoms with Crippen molar-refractivity contribution in [1.29, 1.82) is 0 Å². The van der Waals surface area contributed by atoms with Gasteiger partial charge in [0.05, 0.1) is 18.6 Å². The molecule has 0 spiro atoms. The Kier molecular flexibility index (Phi) is 3.89. The van der Waals surface area contributed by atoms with Gasteiger partial charge >= 0.3 is 0 Å². The molecule has 0 saturated heterocycles. The van der Waals surface area contributed by atoms with E-state index in [-0.39, 0.29) is 30.5 Å². The summed E-state index contributed by atoms with van der Waals surface area (Å²) in [4.78, 5) is 13.5. The molecule has 1 aliphatic rings. The van der Waals surface area contributed by atoms with E-state index in [9.17, 15) is 4.79 Å². The predicted molar refractivity (Wildman–Crippen MR) is 54.6 cm³/mol. The maximum atomic E-state index is 11.9. The zero-order valence-electron chi connectivity index (χ0n) is 8.94. The van der Waals surface area contributed by atoms with Crippen molar-refractivity contribution in [2.24, 2.45) is 11.7 Å². The minimum atomic E-state index is -0.115. The van der Waals surface area contributed by atoms with Crippen LogP contribution in [0.4, 0.5) is 0 Å². The van der Waals surface area contributed by atoms with Gasteiger partial charge in [0, 0.05) is 13.1 Å². The van der Waals surface area contributed by atoms with Crippen LogP contribution in [0.3, 0.4) is 0 Å². The maximum absolute atomic E-state index is 11.9. The van der Waals surface area contributed by atoms with Crippen LogP contribution in [0, 0.1) is 5.92 Å². The lowest BCUT2D eigenvalue weighted by molar-refractivity contribution is -0.136. The van der Waals surface area contributed by atoms with Gasteiger partial charge in [0.1, 0.15) is 0 Å². The Morgan fingerprint density at radius 1 is 1.64 bits per heavy atom. The lowest BCUT2D eigenvalue weighted by Gasteiger charge is -2.27. The summed E-state index contributed by atoms with van der Waals surface area (Å²) in [5, 5.41) is 8.94. The van der Waals surface area contributed by atoms with E-state index in [0.29, 0.717) is 0 Å². The molecule has 0 aliphatic heterocycles. The summed E-state index contributed by atoms with van der Waals surface area (Å²) in [6, 6.07) is -0.105. The number of amides is 1. The molecule has 0 aromatic rings. The highest BCUT2D eigenvalue weighted by molar-refractivity contribution is 5.79. The highest BCUT2D eigenvalue weighted by Gasteiger charge is 2.33. The smallest absolute Gasteiger partial charge is 0.227 e. The van der Waals surface area contributed by atoms with Crippen LogP contribution in [0.5, 0.6) is 0 Å². The van der Waals surface area contributed by atoms with Gasteiger partial charge < -0.3 is 15.7 Å². The van der Waals surface area contributed by atoms with Crippen LogP contribution in [0.1, 0.15) is 26.2 Å². The summed E-state index contributed by atoms with van der Waals surface area (Å²) in [5.74, 6) is 0.0468. The van der Waals surface area contributed by atoms with Crippen molar-refractivity contribution in [3.05, 3.63) is 0 Å². The molecule has 0 radical (unpaired) electrons. The number of aliphatic hydroxyl groups is 1.